The first-order valence-corrected chi connectivity index (χ1v) is 24.9. The number of aliphatic hydroxyl groups excluding tert-OH is 2. The zero-order chi connectivity index (χ0) is 42.4. The first-order chi connectivity index (χ1) is 28.5. The van der Waals surface area contributed by atoms with E-state index in [1.165, 1.54) is 109 Å². The molecule has 0 radical (unpaired) electrons. The number of hydrogen-bond acceptors (Lipinski definition) is 5. The average Bonchev–Trinajstić information content (AvgIpc) is 3.22. The van der Waals surface area contributed by atoms with Crippen LogP contribution in [0.1, 0.15) is 245 Å². The molecule has 0 aromatic rings. The summed E-state index contributed by atoms with van der Waals surface area (Å²) in [5.41, 5.74) is 0. The summed E-state index contributed by atoms with van der Waals surface area (Å²) in [6.07, 6.45) is 54.5. The molecule has 0 heterocycles. The van der Waals surface area contributed by atoms with Crippen molar-refractivity contribution in [1.29, 1.82) is 0 Å². The molecule has 3 unspecified atom stereocenters. The van der Waals surface area contributed by atoms with Gasteiger partial charge in [-0.1, -0.05) is 191 Å². The fourth-order valence-corrected chi connectivity index (χ4v) is 7.31. The summed E-state index contributed by atoms with van der Waals surface area (Å²) in [7, 11) is 0. The first kappa shape index (κ1) is 55.8. The number of esters is 1. The largest absolute Gasteiger partial charge is 0.462 e. The van der Waals surface area contributed by atoms with Crippen LogP contribution < -0.4 is 5.32 Å². The van der Waals surface area contributed by atoms with Gasteiger partial charge in [-0.25, -0.2) is 0 Å². The highest BCUT2D eigenvalue weighted by molar-refractivity contribution is 5.77. The van der Waals surface area contributed by atoms with Gasteiger partial charge < -0.3 is 20.3 Å². The quantitative estimate of drug-likeness (QED) is 0.0323. The van der Waals surface area contributed by atoms with E-state index in [0.29, 0.717) is 19.3 Å². The van der Waals surface area contributed by atoms with Crippen LogP contribution in [0.5, 0.6) is 0 Å². The van der Waals surface area contributed by atoms with Crippen LogP contribution in [0, 0.1) is 0 Å². The minimum Gasteiger partial charge on any atom is -0.462 e. The number of unbranched alkanes of at least 4 members (excludes halogenated alkanes) is 24. The van der Waals surface area contributed by atoms with Gasteiger partial charge in [-0.15, -0.1) is 0 Å². The van der Waals surface area contributed by atoms with Crippen LogP contribution >= 0.6 is 0 Å². The summed E-state index contributed by atoms with van der Waals surface area (Å²) in [5, 5.41) is 23.6. The molecule has 1 amide bonds. The van der Waals surface area contributed by atoms with Crippen molar-refractivity contribution in [2.45, 2.75) is 264 Å². The molecule has 6 heteroatoms. The predicted molar refractivity (Wildman–Crippen MR) is 250 cm³/mol. The van der Waals surface area contributed by atoms with E-state index < -0.39 is 18.2 Å². The number of aliphatic hydroxyl groups is 2. The van der Waals surface area contributed by atoms with Gasteiger partial charge in [0.05, 0.1) is 25.2 Å². The zero-order valence-corrected chi connectivity index (χ0v) is 38.4. The lowest BCUT2D eigenvalue weighted by atomic mass is 10.0. The lowest BCUT2D eigenvalue weighted by Gasteiger charge is -2.24. The molecule has 58 heavy (non-hydrogen) atoms. The zero-order valence-electron chi connectivity index (χ0n) is 38.4. The van der Waals surface area contributed by atoms with Crippen molar-refractivity contribution in [2.75, 3.05) is 6.61 Å². The van der Waals surface area contributed by atoms with Crippen molar-refractivity contribution in [3.05, 3.63) is 48.6 Å². The predicted octanol–water partition coefficient (Wildman–Crippen LogP) is 14.7. The maximum absolute atomic E-state index is 13.1. The maximum atomic E-state index is 13.1. The van der Waals surface area contributed by atoms with Crippen LogP contribution in [0.3, 0.4) is 0 Å². The van der Waals surface area contributed by atoms with Crippen LogP contribution in [0.2, 0.25) is 0 Å². The molecular weight excluding hydrogens is 719 g/mol. The standard InChI is InChI=1S/C52H95NO5/c1-4-7-10-13-16-19-21-23-24-25-26-28-30-33-36-39-42-45-52(57)58-48(43-40-37-34-32-29-27-22-20-17-14-11-8-5-2)46-51(56)53-49(47-54)50(55)44-41-38-35-31-18-15-12-9-6-3/h16,19-20,22-24,26,28,48-50,54-55H,4-15,17-18,21,25,27,29-47H2,1-3H3,(H,53,56)/b19-16-,22-20-,24-23-,28-26-. The van der Waals surface area contributed by atoms with Gasteiger partial charge in [0.1, 0.15) is 6.10 Å². The maximum Gasteiger partial charge on any atom is 0.306 e. The Morgan fingerprint density at radius 2 is 0.879 bits per heavy atom. The molecule has 6 nitrogen and oxygen atoms in total. The molecule has 0 saturated carbocycles. The molecular formula is C52H95NO5. The summed E-state index contributed by atoms with van der Waals surface area (Å²) in [6, 6.07) is -0.707. The minimum absolute atomic E-state index is 0.0628. The van der Waals surface area contributed by atoms with E-state index in [2.05, 4.69) is 74.7 Å². The third-order valence-electron chi connectivity index (χ3n) is 11.1. The van der Waals surface area contributed by atoms with E-state index in [-0.39, 0.29) is 24.9 Å². The second-order valence-corrected chi connectivity index (χ2v) is 16.9. The van der Waals surface area contributed by atoms with Gasteiger partial charge in [-0.2, -0.15) is 0 Å². The second kappa shape index (κ2) is 45.9. The molecule has 0 aromatic heterocycles. The van der Waals surface area contributed by atoms with Crippen molar-refractivity contribution in [1.82, 2.24) is 5.32 Å². The molecule has 0 aliphatic rings. The van der Waals surface area contributed by atoms with E-state index in [0.717, 1.165) is 89.9 Å². The van der Waals surface area contributed by atoms with Crippen molar-refractivity contribution < 1.29 is 24.5 Å². The molecule has 3 N–H and O–H groups in total. The van der Waals surface area contributed by atoms with E-state index >= 15 is 0 Å². The van der Waals surface area contributed by atoms with Crippen molar-refractivity contribution in [2.24, 2.45) is 0 Å². The van der Waals surface area contributed by atoms with E-state index in [9.17, 15) is 19.8 Å². The van der Waals surface area contributed by atoms with Crippen molar-refractivity contribution in [3.63, 3.8) is 0 Å². The smallest absolute Gasteiger partial charge is 0.306 e. The van der Waals surface area contributed by atoms with Crippen LogP contribution in [0.15, 0.2) is 48.6 Å². The minimum atomic E-state index is -0.792. The SMILES string of the molecule is CCCCC/C=C\C/C=C\C/C=C\CCCCCCC(=O)OC(CCCCCCC/C=C\CCCCCC)CC(=O)NC(CO)C(O)CCCCCCCCCCC. The molecule has 0 saturated heterocycles. The molecule has 3 atom stereocenters. The molecule has 0 bridgehead atoms. The lowest BCUT2D eigenvalue weighted by molar-refractivity contribution is -0.151. The highest BCUT2D eigenvalue weighted by Gasteiger charge is 2.24. The van der Waals surface area contributed by atoms with Gasteiger partial charge in [0.2, 0.25) is 5.91 Å². The highest BCUT2D eigenvalue weighted by Crippen LogP contribution is 2.17. The summed E-state index contributed by atoms with van der Waals surface area (Å²) < 4.78 is 5.91. The summed E-state index contributed by atoms with van der Waals surface area (Å²) >= 11 is 0. The highest BCUT2D eigenvalue weighted by atomic mass is 16.5. The topological polar surface area (TPSA) is 95.9 Å². The molecule has 0 spiro atoms. The number of carbonyl (C=O) groups is 2. The van der Waals surface area contributed by atoms with Gasteiger partial charge in [-0.05, 0) is 89.9 Å². The van der Waals surface area contributed by atoms with Gasteiger partial charge in [-0.3, -0.25) is 9.59 Å². The van der Waals surface area contributed by atoms with Gasteiger partial charge in [0.25, 0.3) is 0 Å². The Kier molecular flexibility index (Phi) is 44.2. The number of hydrogen-bond donors (Lipinski definition) is 3. The fraction of sp³-hybridized carbons (Fsp3) is 0.808. The normalized spacial score (nSPS) is 13.7. The molecule has 0 aliphatic heterocycles. The Balaban J connectivity index is 4.62. The summed E-state index contributed by atoms with van der Waals surface area (Å²) in [5.74, 6) is -0.506. The Morgan fingerprint density at radius 1 is 0.500 bits per heavy atom. The number of ether oxygens (including phenoxy) is 1. The third kappa shape index (κ3) is 40.6. The number of carbonyl (C=O) groups excluding carboxylic acids is 2. The van der Waals surface area contributed by atoms with Crippen LogP contribution in [0.25, 0.3) is 0 Å². The van der Waals surface area contributed by atoms with Gasteiger partial charge in [0, 0.05) is 6.42 Å². The van der Waals surface area contributed by atoms with Crippen LogP contribution in [-0.2, 0) is 14.3 Å². The lowest BCUT2D eigenvalue weighted by Crippen LogP contribution is -2.46. The monoisotopic (exact) mass is 814 g/mol. The van der Waals surface area contributed by atoms with Crippen LogP contribution in [-0.4, -0.2) is 46.9 Å². The van der Waals surface area contributed by atoms with E-state index in [1.54, 1.807) is 0 Å². The van der Waals surface area contributed by atoms with Crippen molar-refractivity contribution in [3.8, 4) is 0 Å². The van der Waals surface area contributed by atoms with Gasteiger partial charge in [0.15, 0.2) is 0 Å². The number of amides is 1. The van der Waals surface area contributed by atoms with E-state index in [4.69, 9.17) is 4.74 Å². The summed E-state index contributed by atoms with van der Waals surface area (Å²) in [4.78, 5) is 26.1. The molecule has 0 rings (SSSR count). The Bertz CT molecular complexity index is 1000. The summed E-state index contributed by atoms with van der Waals surface area (Å²) in [6.45, 7) is 6.41. The molecule has 338 valence electrons. The third-order valence-corrected chi connectivity index (χ3v) is 11.1. The Morgan fingerprint density at radius 3 is 1.40 bits per heavy atom. The number of rotatable bonds is 44. The fourth-order valence-electron chi connectivity index (χ4n) is 7.31. The second-order valence-electron chi connectivity index (χ2n) is 16.9. The Labute approximate surface area is 359 Å². The van der Waals surface area contributed by atoms with E-state index in [1.807, 2.05) is 0 Å². The first-order valence-electron chi connectivity index (χ1n) is 24.9. The van der Waals surface area contributed by atoms with Crippen molar-refractivity contribution >= 4 is 11.9 Å². The van der Waals surface area contributed by atoms with Crippen LogP contribution in [0.4, 0.5) is 0 Å². The average molecular weight is 814 g/mol. The molecule has 0 aromatic carbocycles. The number of nitrogens with one attached hydrogen (secondary N) is 1. The molecule has 0 fully saturated rings. The Hall–Kier alpha value is -2.18. The van der Waals surface area contributed by atoms with Gasteiger partial charge >= 0.3 is 5.97 Å². The number of allylic oxidation sites excluding steroid dienone is 8. The molecule has 0 aliphatic carbocycles.